The standard InChI is InChI=1S/C20H20ClF3O3/c1-2-3-10-27-17-7-5-15-11-13(4-6-16(15)19(17)21)14(12-18(25)26)8-9-20(22,23)24/h4-7,11-12H,2-3,8-10H2,1H3,(H,25,26)/b14-12+. The molecule has 0 aliphatic heterocycles. The Morgan fingerprint density at radius 3 is 2.63 bits per heavy atom. The highest BCUT2D eigenvalue weighted by molar-refractivity contribution is 6.37. The van der Waals surface area contributed by atoms with E-state index in [-0.39, 0.29) is 5.57 Å². The Bertz CT molecular complexity index is 844. The van der Waals surface area contributed by atoms with E-state index in [9.17, 15) is 18.0 Å². The number of alkyl halides is 3. The monoisotopic (exact) mass is 400 g/mol. The van der Waals surface area contributed by atoms with Crippen molar-refractivity contribution in [3.05, 3.63) is 47.0 Å². The number of allylic oxidation sites excluding steroid dienone is 1. The minimum Gasteiger partial charge on any atom is -0.492 e. The molecule has 0 amide bonds. The number of aliphatic carboxylic acids is 1. The second-order valence-electron chi connectivity index (χ2n) is 6.14. The lowest BCUT2D eigenvalue weighted by molar-refractivity contribution is -0.134. The zero-order valence-corrected chi connectivity index (χ0v) is 15.5. The van der Waals surface area contributed by atoms with Gasteiger partial charge in [-0.3, -0.25) is 0 Å². The van der Waals surface area contributed by atoms with Gasteiger partial charge in [0, 0.05) is 17.9 Å². The minimum absolute atomic E-state index is 0.112. The van der Waals surface area contributed by atoms with Gasteiger partial charge in [0.1, 0.15) is 5.75 Å². The number of carboxylic acid groups (broad SMARTS) is 1. The lowest BCUT2D eigenvalue weighted by atomic mass is 9.97. The van der Waals surface area contributed by atoms with Crippen LogP contribution in [-0.2, 0) is 4.79 Å². The normalized spacial score (nSPS) is 12.4. The van der Waals surface area contributed by atoms with Gasteiger partial charge in [0.05, 0.1) is 11.6 Å². The molecule has 0 spiro atoms. The first-order valence-electron chi connectivity index (χ1n) is 8.57. The van der Waals surface area contributed by atoms with Gasteiger partial charge in [-0.1, -0.05) is 43.1 Å². The maximum Gasteiger partial charge on any atom is 0.389 e. The molecule has 0 radical (unpaired) electrons. The first kappa shape index (κ1) is 21.1. The first-order valence-corrected chi connectivity index (χ1v) is 8.94. The van der Waals surface area contributed by atoms with Crippen molar-refractivity contribution >= 4 is 33.9 Å². The average Bonchev–Trinajstić information content (AvgIpc) is 2.59. The van der Waals surface area contributed by atoms with E-state index in [1.54, 1.807) is 30.3 Å². The van der Waals surface area contributed by atoms with Crippen LogP contribution in [0.1, 0.15) is 38.2 Å². The van der Waals surface area contributed by atoms with Crippen LogP contribution in [0.2, 0.25) is 5.02 Å². The highest BCUT2D eigenvalue weighted by Gasteiger charge is 2.27. The van der Waals surface area contributed by atoms with Gasteiger partial charge in [-0.2, -0.15) is 13.2 Å². The summed E-state index contributed by atoms with van der Waals surface area (Å²) < 4.78 is 43.3. The Kier molecular flexibility index (Phi) is 7.13. The number of hydrogen-bond acceptors (Lipinski definition) is 2. The lowest BCUT2D eigenvalue weighted by Crippen LogP contribution is -2.07. The SMILES string of the molecule is CCCCOc1ccc2cc(/C(=C/C(=O)O)CCC(F)(F)F)ccc2c1Cl. The number of rotatable bonds is 8. The quantitative estimate of drug-likeness (QED) is 0.407. The van der Waals surface area contributed by atoms with Gasteiger partial charge < -0.3 is 9.84 Å². The third-order valence-corrected chi connectivity index (χ3v) is 4.41. The van der Waals surface area contributed by atoms with E-state index in [1.165, 1.54) is 0 Å². The van der Waals surface area contributed by atoms with E-state index >= 15 is 0 Å². The zero-order chi connectivity index (χ0) is 20.0. The number of unbranched alkanes of at least 4 members (excludes halogenated alkanes) is 1. The second-order valence-corrected chi connectivity index (χ2v) is 6.52. The molecule has 0 aliphatic rings. The van der Waals surface area contributed by atoms with Gasteiger partial charge in [-0.25, -0.2) is 4.79 Å². The van der Waals surface area contributed by atoms with E-state index < -0.39 is 25.0 Å². The fourth-order valence-corrected chi connectivity index (χ4v) is 2.92. The van der Waals surface area contributed by atoms with Crippen LogP contribution in [-0.4, -0.2) is 23.9 Å². The summed E-state index contributed by atoms with van der Waals surface area (Å²) >= 11 is 6.38. The number of carboxylic acids is 1. The third-order valence-electron chi connectivity index (χ3n) is 4.02. The summed E-state index contributed by atoms with van der Waals surface area (Å²) in [7, 11) is 0. The maximum absolute atomic E-state index is 12.5. The van der Waals surface area contributed by atoms with E-state index in [4.69, 9.17) is 21.4 Å². The Morgan fingerprint density at radius 2 is 2.00 bits per heavy atom. The van der Waals surface area contributed by atoms with Gasteiger partial charge in [-0.05, 0) is 41.5 Å². The van der Waals surface area contributed by atoms with Crippen LogP contribution in [0, 0.1) is 0 Å². The molecule has 2 aromatic carbocycles. The van der Waals surface area contributed by atoms with Crippen molar-refractivity contribution in [1.29, 1.82) is 0 Å². The Balaban J connectivity index is 2.35. The van der Waals surface area contributed by atoms with Crippen LogP contribution in [0.15, 0.2) is 36.4 Å². The predicted molar refractivity (Wildman–Crippen MR) is 100 cm³/mol. The molecule has 1 N–H and O–H groups in total. The highest BCUT2D eigenvalue weighted by atomic mass is 35.5. The van der Waals surface area contributed by atoms with Gasteiger partial charge in [0.25, 0.3) is 0 Å². The van der Waals surface area contributed by atoms with Crippen molar-refractivity contribution in [2.75, 3.05) is 6.61 Å². The summed E-state index contributed by atoms with van der Waals surface area (Å²) in [6.45, 7) is 2.59. The molecule has 0 unspecified atom stereocenters. The molecule has 146 valence electrons. The van der Waals surface area contributed by atoms with Crippen molar-refractivity contribution in [3.8, 4) is 5.75 Å². The van der Waals surface area contributed by atoms with Crippen LogP contribution >= 0.6 is 11.6 Å². The predicted octanol–water partition coefficient (Wildman–Crippen LogP) is 6.48. The topological polar surface area (TPSA) is 46.5 Å². The smallest absolute Gasteiger partial charge is 0.389 e. The molecule has 2 rings (SSSR count). The molecule has 0 bridgehead atoms. The summed E-state index contributed by atoms with van der Waals surface area (Å²) in [5.41, 5.74) is 0.533. The number of hydrogen-bond donors (Lipinski definition) is 1. The van der Waals surface area contributed by atoms with E-state index in [1.807, 2.05) is 6.92 Å². The van der Waals surface area contributed by atoms with Crippen molar-refractivity contribution in [2.24, 2.45) is 0 Å². The molecule has 0 aliphatic carbocycles. The van der Waals surface area contributed by atoms with Crippen LogP contribution < -0.4 is 4.74 Å². The highest BCUT2D eigenvalue weighted by Crippen LogP contribution is 2.35. The van der Waals surface area contributed by atoms with E-state index in [0.29, 0.717) is 33.7 Å². The minimum atomic E-state index is -4.36. The molecule has 27 heavy (non-hydrogen) atoms. The summed E-state index contributed by atoms with van der Waals surface area (Å²) in [4.78, 5) is 11.0. The molecule has 0 heterocycles. The Labute approximate surface area is 160 Å². The number of fused-ring (bicyclic) bond motifs is 1. The molecular formula is C20H20ClF3O3. The number of halogens is 4. The van der Waals surface area contributed by atoms with E-state index in [2.05, 4.69) is 0 Å². The summed E-state index contributed by atoms with van der Waals surface area (Å²) in [5.74, 6) is -0.742. The fraction of sp³-hybridized carbons (Fsp3) is 0.350. The Hall–Kier alpha value is -2.21. The number of carbonyl (C=O) groups is 1. The van der Waals surface area contributed by atoms with Crippen LogP contribution in [0.3, 0.4) is 0 Å². The lowest BCUT2D eigenvalue weighted by Gasteiger charge is -2.13. The molecule has 0 fully saturated rings. The average molecular weight is 401 g/mol. The second kappa shape index (κ2) is 9.13. The molecule has 0 aromatic heterocycles. The van der Waals surface area contributed by atoms with Crippen molar-refractivity contribution in [3.63, 3.8) is 0 Å². The van der Waals surface area contributed by atoms with Crippen LogP contribution in [0.5, 0.6) is 5.75 Å². The molecule has 3 nitrogen and oxygen atoms in total. The number of benzene rings is 2. The van der Waals surface area contributed by atoms with Gasteiger partial charge >= 0.3 is 12.1 Å². The van der Waals surface area contributed by atoms with E-state index in [0.717, 1.165) is 18.9 Å². The Morgan fingerprint density at radius 1 is 1.26 bits per heavy atom. The van der Waals surface area contributed by atoms with Crippen molar-refractivity contribution in [2.45, 2.75) is 38.8 Å². The molecule has 0 saturated carbocycles. The van der Waals surface area contributed by atoms with Crippen LogP contribution in [0.4, 0.5) is 13.2 Å². The molecular weight excluding hydrogens is 381 g/mol. The third kappa shape index (κ3) is 6.17. The zero-order valence-electron chi connectivity index (χ0n) is 14.8. The van der Waals surface area contributed by atoms with Gasteiger partial charge in [0.15, 0.2) is 0 Å². The maximum atomic E-state index is 12.5. The van der Waals surface area contributed by atoms with Crippen molar-refractivity contribution < 1.29 is 27.8 Å². The fourth-order valence-electron chi connectivity index (χ4n) is 2.63. The molecule has 0 saturated heterocycles. The molecule has 0 atom stereocenters. The number of ether oxygens (including phenoxy) is 1. The van der Waals surface area contributed by atoms with Gasteiger partial charge in [-0.15, -0.1) is 0 Å². The summed E-state index contributed by atoms with van der Waals surface area (Å²) in [6.07, 6.45) is -3.15. The van der Waals surface area contributed by atoms with Crippen molar-refractivity contribution in [1.82, 2.24) is 0 Å². The van der Waals surface area contributed by atoms with Crippen LogP contribution in [0.25, 0.3) is 16.3 Å². The first-order chi connectivity index (χ1) is 12.7. The van der Waals surface area contributed by atoms with Gasteiger partial charge in [0.2, 0.25) is 0 Å². The largest absolute Gasteiger partial charge is 0.492 e. The summed E-state index contributed by atoms with van der Waals surface area (Å²) in [5, 5.41) is 10.8. The summed E-state index contributed by atoms with van der Waals surface area (Å²) in [6, 6.07) is 8.36. The molecule has 7 heteroatoms. The molecule has 2 aromatic rings.